The summed E-state index contributed by atoms with van der Waals surface area (Å²) in [7, 11) is 3.71. The summed E-state index contributed by atoms with van der Waals surface area (Å²) < 4.78 is 49.1. The van der Waals surface area contributed by atoms with E-state index in [9.17, 15) is 13.2 Å². The van der Waals surface area contributed by atoms with Crippen molar-refractivity contribution in [3.05, 3.63) is 0 Å². The average Bonchev–Trinajstić information content (AvgIpc) is 2.12. The van der Waals surface area contributed by atoms with E-state index in [4.69, 9.17) is 8.85 Å². The van der Waals surface area contributed by atoms with Gasteiger partial charge in [-0.1, -0.05) is 0 Å². The van der Waals surface area contributed by atoms with Gasteiger partial charge in [0.15, 0.2) is 0 Å². The maximum Gasteiger partial charge on any atom is 0.389 e. The summed E-state index contributed by atoms with van der Waals surface area (Å²) in [5.74, 6) is 0. The fourth-order valence-corrected chi connectivity index (χ4v) is 2.00. The summed E-state index contributed by atoms with van der Waals surface area (Å²) in [4.78, 5) is 0. The second-order valence-corrected chi connectivity index (χ2v) is 6.01. The Morgan fingerprint density at radius 1 is 1.13 bits per heavy atom. The highest BCUT2D eigenvalue weighted by Gasteiger charge is 2.27. The highest BCUT2D eigenvalue weighted by Crippen LogP contribution is 2.22. The standard InChI is InChI=1S/C6H13F3O2Si.CH6OSi/c1-10-12(11-2)5-3-4-6(7,8)9;1-2-3/h12H,3-5H2,1-2H3;1,3H3. The molecule has 0 amide bonds. The topological polar surface area (TPSA) is 27.7 Å². The Morgan fingerprint density at radius 3 is 1.80 bits per heavy atom. The third-order valence-corrected chi connectivity index (χ3v) is 3.36. The lowest BCUT2D eigenvalue weighted by atomic mass is 10.3. The van der Waals surface area contributed by atoms with Gasteiger partial charge in [0.05, 0.1) is 0 Å². The smallest absolute Gasteiger partial charge is 0.389 e. The zero-order valence-electron chi connectivity index (χ0n) is 9.56. The molecule has 0 unspecified atom stereocenters. The van der Waals surface area contributed by atoms with Crippen molar-refractivity contribution in [1.29, 1.82) is 0 Å². The summed E-state index contributed by atoms with van der Waals surface area (Å²) >= 11 is 0. The van der Waals surface area contributed by atoms with Crippen molar-refractivity contribution >= 4 is 19.8 Å². The van der Waals surface area contributed by atoms with Crippen LogP contribution in [0.2, 0.25) is 6.04 Å². The molecule has 0 fully saturated rings. The van der Waals surface area contributed by atoms with Crippen LogP contribution in [-0.2, 0) is 13.3 Å². The van der Waals surface area contributed by atoms with Gasteiger partial charge in [-0.25, -0.2) is 0 Å². The Balaban J connectivity index is 0. The molecule has 0 aromatic carbocycles. The summed E-state index contributed by atoms with van der Waals surface area (Å²) in [5, 5.41) is 0. The number of hydrogen-bond acceptors (Lipinski definition) is 3. The molecule has 0 aliphatic rings. The molecule has 0 radical (unpaired) electrons. The minimum atomic E-state index is -4.06. The second-order valence-electron chi connectivity index (χ2n) is 2.82. The van der Waals surface area contributed by atoms with Crippen molar-refractivity contribution in [2.75, 3.05) is 21.3 Å². The Bertz CT molecular complexity index is 131. The van der Waals surface area contributed by atoms with Crippen molar-refractivity contribution in [2.24, 2.45) is 0 Å². The molecule has 94 valence electrons. The lowest BCUT2D eigenvalue weighted by Gasteiger charge is -2.11. The second kappa shape index (κ2) is 10.6. The number of hydrogen-bond donors (Lipinski definition) is 0. The van der Waals surface area contributed by atoms with Gasteiger partial charge in [0.2, 0.25) is 0 Å². The zero-order valence-corrected chi connectivity index (χ0v) is 12.7. The van der Waals surface area contributed by atoms with E-state index < -0.39 is 21.9 Å². The first kappa shape index (κ1) is 17.5. The van der Waals surface area contributed by atoms with Gasteiger partial charge < -0.3 is 13.3 Å². The van der Waals surface area contributed by atoms with Crippen LogP contribution in [-0.4, -0.2) is 47.3 Å². The SMILES string of the molecule is CO[SiH3].CO[SiH](CCCC(F)(F)F)OC. The van der Waals surface area contributed by atoms with E-state index in [1.54, 1.807) is 7.11 Å². The van der Waals surface area contributed by atoms with Gasteiger partial charge in [0, 0.05) is 27.8 Å². The molecular weight excluding hydrogens is 245 g/mol. The van der Waals surface area contributed by atoms with E-state index in [-0.39, 0.29) is 6.42 Å². The van der Waals surface area contributed by atoms with E-state index in [0.29, 0.717) is 6.04 Å². The molecular formula is C7H19F3O3Si2. The van der Waals surface area contributed by atoms with Crippen molar-refractivity contribution in [1.82, 2.24) is 0 Å². The Morgan fingerprint density at radius 2 is 1.53 bits per heavy atom. The van der Waals surface area contributed by atoms with Gasteiger partial charge in [-0.3, -0.25) is 0 Å². The molecule has 0 aromatic rings. The molecule has 0 aromatic heterocycles. The van der Waals surface area contributed by atoms with Crippen LogP contribution in [0.5, 0.6) is 0 Å². The fourth-order valence-electron chi connectivity index (χ4n) is 0.801. The molecule has 8 heteroatoms. The van der Waals surface area contributed by atoms with Crippen LogP contribution in [0.25, 0.3) is 0 Å². The third kappa shape index (κ3) is 16.8. The van der Waals surface area contributed by atoms with E-state index >= 15 is 0 Å². The quantitative estimate of drug-likeness (QED) is 0.686. The summed E-state index contributed by atoms with van der Waals surface area (Å²) in [6.45, 7) is 0. The van der Waals surface area contributed by atoms with Gasteiger partial charge in [-0.05, 0) is 12.5 Å². The predicted molar refractivity (Wildman–Crippen MR) is 58.2 cm³/mol. The molecule has 15 heavy (non-hydrogen) atoms. The molecule has 3 nitrogen and oxygen atoms in total. The maximum atomic E-state index is 11.6. The first-order chi connectivity index (χ1) is 6.91. The molecule has 0 rings (SSSR count). The monoisotopic (exact) mass is 264 g/mol. The van der Waals surface area contributed by atoms with E-state index in [0.717, 1.165) is 10.5 Å². The molecule has 0 bridgehead atoms. The van der Waals surface area contributed by atoms with Crippen LogP contribution in [0, 0.1) is 0 Å². The minimum absolute atomic E-state index is 0.0993. The molecule has 0 atom stereocenters. The highest BCUT2D eigenvalue weighted by molar-refractivity contribution is 6.44. The van der Waals surface area contributed by atoms with Crippen LogP contribution in [0.3, 0.4) is 0 Å². The first-order valence-electron chi connectivity index (χ1n) is 4.43. The highest BCUT2D eigenvalue weighted by atomic mass is 28.3. The van der Waals surface area contributed by atoms with Crippen molar-refractivity contribution in [2.45, 2.75) is 25.1 Å². The van der Waals surface area contributed by atoms with E-state index in [2.05, 4.69) is 4.43 Å². The first-order valence-corrected chi connectivity index (χ1v) is 7.01. The van der Waals surface area contributed by atoms with Gasteiger partial charge >= 0.3 is 15.5 Å². The summed E-state index contributed by atoms with van der Waals surface area (Å²) in [6, 6.07) is 0.409. The van der Waals surface area contributed by atoms with Crippen molar-refractivity contribution < 1.29 is 26.4 Å². The molecule has 0 aliphatic heterocycles. The van der Waals surface area contributed by atoms with Crippen molar-refractivity contribution in [3.63, 3.8) is 0 Å². The Hall–Kier alpha value is 0.104. The van der Waals surface area contributed by atoms with Gasteiger partial charge in [0.1, 0.15) is 10.5 Å². The van der Waals surface area contributed by atoms with Crippen LogP contribution in [0.1, 0.15) is 12.8 Å². The maximum absolute atomic E-state index is 11.6. The van der Waals surface area contributed by atoms with Crippen LogP contribution >= 0.6 is 0 Å². The lowest BCUT2D eigenvalue weighted by Crippen LogP contribution is -2.19. The Labute approximate surface area is 93.3 Å². The third-order valence-electron chi connectivity index (χ3n) is 1.43. The van der Waals surface area contributed by atoms with Gasteiger partial charge in [0.25, 0.3) is 0 Å². The normalized spacial score (nSPS) is 11.4. The van der Waals surface area contributed by atoms with E-state index in [1.807, 2.05) is 0 Å². The number of halogens is 3. The van der Waals surface area contributed by atoms with E-state index in [1.165, 1.54) is 14.2 Å². The zero-order chi connectivity index (χ0) is 12.3. The fraction of sp³-hybridized carbons (Fsp3) is 1.00. The number of rotatable bonds is 5. The lowest BCUT2D eigenvalue weighted by molar-refractivity contribution is -0.134. The average molecular weight is 264 g/mol. The molecule has 0 saturated heterocycles. The summed E-state index contributed by atoms with van der Waals surface area (Å²) in [5.41, 5.74) is 0. The number of alkyl halides is 3. The molecule has 0 heterocycles. The predicted octanol–water partition coefficient (Wildman–Crippen LogP) is 0.755. The summed E-state index contributed by atoms with van der Waals surface area (Å²) in [6.07, 6.45) is -4.70. The molecule has 0 aliphatic carbocycles. The minimum Gasteiger partial charge on any atom is -0.431 e. The van der Waals surface area contributed by atoms with Crippen LogP contribution in [0.4, 0.5) is 13.2 Å². The van der Waals surface area contributed by atoms with Gasteiger partial charge in [-0.2, -0.15) is 13.2 Å². The molecule has 0 spiro atoms. The van der Waals surface area contributed by atoms with Crippen LogP contribution < -0.4 is 0 Å². The molecule has 0 N–H and O–H groups in total. The van der Waals surface area contributed by atoms with Gasteiger partial charge in [-0.15, -0.1) is 0 Å². The molecule has 0 saturated carbocycles. The largest absolute Gasteiger partial charge is 0.431 e. The Kier molecular flexibility index (Phi) is 12.4. The van der Waals surface area contributed by atoms with Crippen molar-refractivity contribution in [3.8, 4) is 0 Å². The van der Waals surface area contributed by atoms with Crippen LogP contribution in [0.15, 0.2) is 0 Å².